The minimum absolute atomic E-state index is 0.00992. The first-order chi connectivity index (χ1) is 25.3. The Morgan fingerprint density at radius 1 is 0.904 bits per heavy atom. The molecule has 0 aliphatic carbocycles. The van der Waals surface area contributed by atoms with Crippen molar-refractivity contribution in [3.8, 4) is 11.1 Å². The lowest BCUT2D eigenvalue weighted by Crippen LogP contribution is -2.47. The number of aliphatic hydroxyl groups excluding tert-OH is 1. The van der Waals surface area contributed by atoms with Gasteiger partial charge in [-0.05, 0) is 55.9 Å². The molecule has 0 radical (unpaired) electrons. The molecule has 2 heterocycles. The van der Waals surface area contributed by atoms with E-state index in [9.17, 15) is 14.7 Å². The molecule has 5 unspecified atom stereocenters. The Balaban J connectivity index is 1.16. The second-order valence-corrected chi connectivity index (χ2v) is 13.6. The van der Waals surface area contributed by atoms with Crippen molar-refractivity contribution in [3.05, 3.63) is 131 Å². The molecule has 2 amide bonds. The fourth-order valence-electron chi connectivity index (χ4n) is 6.11. The molecule has 270 valence electrons. The lowest BCUT2D eigenvalue weighted by atomic mass is 9.91. The van der Waals surface area contributed by atoms with E-state index in [0.29, 0.717) is 17.3 Å². The Bertz CT molecular complexity index is 1940. The maximum atomic E-state index is 12.9. The molecule has 1 aromatic heterocycles. The van der Waals surface area contributed by atoms with E-state index in [1.807, 2.05) is 104 Å². The molecule has 1 aliphatic rings. The van der Waals surface area contributed by atoms with Gasteiger partial charge < -0.3 is 30.0 Å². The minimum Gasteiger partial charge on any atom is -0.467 e. The molecule has 0 saturated carbocycles. The number of ether oxygens (including phenoxy) is 3. The van der Waals surface area contributed by atoms with Gasteiger partial charge in [0.25, 0.3) is 0 Å². The van der Waals surface area contributed by atoms with Gasteiger partial charge >= 0.3 is 12.0 Å². The summed E-state index contributed by atoms with van der Waals surface area (Å²) in [6.07, 6.45) is -0.770. The van der Waals surface area contributed by atoms with Crippen LogP contribution in [0, 0.1) is 5.92 Å². The van der Waals surface area contributed by atoms with Crippen LogP contribution in [-0.4, -0.2) is 62.3 Å². The van der Waals surface area contributed by atoms with Crippen molar-refractivity contribution in [2.75, 3.05) is 12.9 Å². The van der Waals surface area contributed by atoms with Crippen LogP contribution in [0.5, 0.6) is 0 Å². The van der Waals surface area contributed by atoms with E-state index in [2.05, 4.69) is 39.1 Å². The largest absolute Gasteiger partial charge is 0.467 e. The van der Waals surface area contributed by atoms with Gasteiger partial charge in [-0.25, -0.2) is 14.3 Å². The van der Waals surface area contributed by atoms with Crippen LogP contribution in [-0.2, 0) is 45.6 Å². The highest BCUT2D eigenvalue weighted by Crippen LogP contribution is 2.43. The van der Waals surface area contributed by atoms with Crippen molar-refractivity contribution in [2.24, 2.45) is 13.0 Å². The summed E-state index contributed by atoms with van der Waals surface area (Å²) in [4.78, 5) is 25.3. The van der Waals surface area contributed by atoms with Gasteiger partial charge in [0, 0.05) is 37.2 Å². The molecule has 5 aromatic rings. The van der Waals surface area contributed by atoms with Crippen LogP contribution in [0.1, 0.15) is 47.1 Å². The highest BCUT2D eigenvalue weighted by molar-refractivity contribution is 7.99. The number of urea groups is 1. The maximum Gasteiger partial charge on any atom is 0.328 e. The zero-order valence-electron chi connectivity index (χ0n) is 29.2. The van der Waals surface area contributed by atoms with Gasteiger partial charge in [-0.15, -0.1) is 5.10 Å². The molecule has 6 rings (SSSR count). The van der Waals surface area contributed by atoms with Gasteiger partial charge in [0.05, 0.1) is 25.9 Å². The number of carbonyl (C=O) groups is 2. The number of aromatic nitrogens is 4. The first-order valence-corrected chi connectivity index (χ1v) is 18.0. The van der Waals surface area contributed by atoms with Crippen molar-refractivity contribution in [1.82, 2.24) is 30.8 Å². The Kier molecular flexibility index (Phi) is 12.3. The van der Waals surface area contributed by atoms with Gasteiger partial charge in [0.15, 0.2) is 6.29 Å². The second kappa shape index (κ2) is 17.4. The number of benzene rings is 4. The molecule has 5 atom stereocenters. The van der Waals surface area contributed by atoms with E-state index in [1.165, 1.54) is 18.9 Å². The summed E-state index contributed by atoms with van der Waals surface area (Å²) < 4.78 is 19.9. The summed E-state index contributed by atoms with van der Waals surface area (Å²) in [5.41, 5.74) is 6.42. The lowest BCUT2D eigenvalue weighted by molar-refractivity contribution is -0.268. The highest BCUT2D eigenvalue weighted by atomic mass is 32.2. The van der Waals surface area contributed by atoms with E-state index in [-0.39, 0.29) is 31.3 Å². The van der Waals surface area contributed by atoms with Crippen LogP contribution in [0.25, 0.3) is 11.1 Å². The Hall–Kier alpha value is -5.08. The van der Waals surface area contributed by atoms with Crippen molar-refractivity contribution in [1.29, 1.82) is 0 Å². The highest BCUT2D eigenvalue weighted by Gasteiger charge is 2.38. The lowest BCUT2D eigenvalue weighted by Gasteiger charge is -2.41. The molecule has 52 heavy (non-hydrogen) atoms. The van der Waals surface area contributed by atoms with Crippen LogP contribution in [0.4, 0.5) is 4.79 Å². The Morgan fingerprint density at radius 2 is 1.63 bits per heavy atom. The number of thioether (sulfide) groups is 1. The fraction of sp³-hybridized carbons (Fsp3) is 0.308. The third-order valence-electron chi connectivity index (χ3n) is 9.03. The predicted octanol–water partition coefficient (Wildman–Crippen LogP) is 5.54. The molecule has 1 saturated heterocycles. The molecule has 12 nitrogen and oxygen atoms in total. The number of hydrogen-bond donors (Lipinski definition) is 3. The summed E-state index contributed by atoms with van der Waals surface area (Å²) in [5.74, 6) is 0.116. The second-order valence-electron chi connectivity index (χ2n) is 12.6. The normalized spacial score (nSPS) is 19.1. The number of amides is 2. The van der Waals surface area contributed by atoms with E-state index < -0.39 is 24.3 Å². The molecule has 4 aromatic carbocycles. The number of tetrazole rings is 1. The van der Waals surface area contributed by atoms with E-state index in [1.54, 1.807) is 4.68 Å². The van der Waals surface area contributed by atoms with Gasteiger partial charge in [0.2, 0.25) is 5.16 Å². The number of nitrogens with one attached hydrogen (secondary N) is 2. The number of rotatable bonds is 13. The molecule has 1 fully saturated rings. The van der Waals surface area contributed by atoms with Crippen LogP contribution < -0.4 is 10.6 Å². The quantitative estimate of drug-likeness (QED) is 0.105. The van der Waals surface area contributed by atoms with Gasteiger partial charge in [0.1, 0.15) is 6.04 Å². The topological polar surface area (TPSA) is 150 Å². The third-order valence-corrected chi connectivity index (χ3v) is 10.1. The first-order valence-electron chi connectivity index (χ1n) is 17.0. The molecule has 1 aliphatic heterocycles. The van der Waals surface area contributed by atoms with Gasteiger partial charge in [-0.1, -0.05) is 110 Å². The smallest absolute Gasteiger partial charge is 0.328 e. The number of aliphatic hydroxyl groups is 1. The fourth-order valence-corrected chi connectivity index (χ4v) is 7.13. The Labute approximate surface area is 306 Å². The van der Waals surface area contributed by atoms with Crippen molar-refractivity contribution < 1.29 is 28.9 Å². The number of hydrogen-bond acceptors (Lipinski definition) is 10. The third kappa shape index (κ3) is 9.22. The number of nitrogens with zero attached hydrogens (tertiary/aromatic N) is 4. The average molecular weight is 723 g/mol. The van der Waals surface area contributed by atoms with Crippen molar-refractivity contribution in [2.45, 2.75) is 56.2 Å². The van der Waals surface area contributed by atoms with Crippen LogP contribution in [0.3, 0.4) is 0 Å². The van der Waals surface area contributed by atoms with E-state index in [4.69, 9.17) is 14.2 Å². The van der Waals surface area contributed by atoms with Crippen molar-refractivity contribution in [3.63, 3.8) is 0 Å². The minimum atomic E-state index is -0.824. The van der Waals surface area contributed by atoms with Crippen molar-refractivity contribution >= 4 is 23.8 Å². The maximum absolute atomic E-state index is 12.9. The van der Waals surface area contributed by atoms with Gasteiger partial charge in [-0.2, -0.15) is 0 Å². The predicted molar refractivity (Wildman–Crippen MR) is 196 cm³/mol. The zero-order valence-corrected chi connectivity index (χ0v) is 30.0. The molecule has 3 N–H and O–H groups in total. The Morgan fingerprint density at radius 3 is 2.35 bits per heavy atom. The SMILES string of the molecule is COC(=O)C(Cc1ccccc1)NC(=O)NCc1cccc(-c2cccc(C3OC(CSc4nnnn4C)C(C)C(c4ccc(CO)cc4)O3)c2)c1. The van der Waals surface area contributed by atoms with E-state index in [0.717, 1.165) is 38.9 Å². The summed E-state index contributed by atoms with van der Waals surface area (Å²) in [6, 6.07) is 32.0. The summed E-state index contributed by atoms with van der Waals surface area (Å²) >= 11 is 1.53. The first kappa shape index (κ1) is 36.7. The number of carbonyl (C=O) groups excluding carboxylic acids is 2. The van der Waals surface area contributed by atoms with Crippen LogP contribution in [0.15, 0.2) is 108 Å². The monoisotopic (exact) mass is 722 g/mol. The van der Waals surface area contributed by atoms with E-state index >= 15 is 0 Å². The standard InChI is InChI=1S/C39H42N6O6S/c1-25-34(24-52-39-42-43-44-45(39)2)50-37(51-35(25)29-17-15-27(23-46)16-18-29)32-14-8-13-31(21-32)30-12-7-11-28(19-30)22-40-38(48)41-33(36(47)49-3)20-26-9-5-4-6-10-26/h4-19,21,25,33-35,37,46H,20,22-24H2,1-3H3,(H2,40,41,48). The average Bonchev–Trinajstić information content (AvgIpc) is 3.60. The summed E-state index contributed by atoms with van der Waals surface area (Å²) in [5, 5.41) is 27.7. The molecule has 0 bridgehead atoms. The number of methoxy groups -OCH3 is 1. The zero-order chi connectivity index (χ0) is 36.5. The molecule has 13 heteroatoms. The molecular formula is C39H42N6O6S. The number of esters is 1. The van der Waals surface area contributed by atoms with Gasteiger partial charge in [-0.3, -0.25) is 0 Å². The van der Waals surface area contributed by atoms with Crippen LogP contribution in [0.2, 0.25) is 0 Å². The number of aryl methyl sites for hydroxylation is 1. The molecule has 0 spiro atoms. The summed E-state index contributed by atoms with van der Waals surface area (Å²) in [7, 11) is 3.12. The summed E-state index contributed by atoms with van der Waals surface area (Å²) in [6.45, 7) is 2.35. The van der Waals surface area contributed by atoms with Crippen LogP contribution >= 0.6 is 11.8 Å². The molecular weight excluding hydrogens is 681 g/mol.